The van der Waals surface area contributed by atoms with Crippen molar-refractivity contribution < 1.29 is 19.1 Å². The largest absolute Gasteiger partial charge is 0.465 e. The molecule has 0 aliphatic heterocycles. The van der Waals surface area contributed by atoms with E-state index in [-0.39, 0.29) is 5.69 Å². The molecule has 0 N–H and O–H groups in total. The summed E-state index contributed by atoms with van der Waals surface area (Å²) in [5, 5.41) is 0. The van der Waals surface area contributed by atoms with Crippen LogP contribution in [-0.4, -0.2) is 31.1 Å². The fourth-order valence-electron chi connectivity index (χ4n) is 0.858. The van der Waals surface area contributed by atoms with Crippen molar-refractivity contribution >= 4 is 11.9 Å². The van der Waals surface area contributed by atoms with Gasteiger partial charge in [0.15, 0.2) is 0 Å². The van der Waals surface area contributed by atoms with Gasteiger partial charge in [0.1, 0.15) is 5.69 Å². The Kier molecular flexibility index (Phi) is 6.51. The molecule has 0 spiro atoms. The Hall–Kier alpha value is -1.91. The number of ether oxygens (including phenoxy) is 2. The molecule has 0 aliphatic carbocycles. The Labute approximate surface area is 94.4 Å². The Morgan fingerprint density at radius 1 is 1.06 bits per heavy atom. The summed E-state index contributed by atoms with van der Waals surface area (Å²) in [4.78, 5) is 25.7. The van der Waals surface area contributed by atoms with Crippen molar-refractivity contribution in [3.63, 3.8) is 0 Å². The standard InChI is InChI=1S/C9H9NO4.C2H6/c1-13-8(11)6-3-4-7(10-5-6)9(12)14-2;1-2/h3-5H,1-2H3;1-2H3. The molecule has 5 nitrogen and oxygen atoms in total. The van der Waals surface area contributed by atoms with E-state index in [0.717, 1.165) is 0 Å². The third kappa shape index (κ3) is 3.68. The highest BCUT2D eigenvalue weighted by atomic mass is 16.5. The van der Waals surface area contributed by atoms with Crippen molar-refractivity contribution in [1.82, 2.24) is 4.98 Å². The summed E-state index contributed by atoms with van der Waals surface area (Å²) in [5.74, 6) is -1.03. The van der Waals surface area contributed by atoms with E-state index in [9.17, 15) is 9.59 Å². The molecule has 0 aliphatic rings. The topological polar surface area (TPSA) is 65.5 Å². The molecule has 0 fully saturated rings. The number of carbonyl (C=O) groups excluding carboxylic acids is 2. The van der Waals surface area contributed by atoms with Gasteiger partial charge in [-0.1, -0.05) is 13.8 Å². The first-order valence-corrected chi connectivity index (χ1v) is 4.81. The Balaban J connectivity index is 0.00000106. The molecule has 1 heterocycles. The van der Waals surface area contributed by atoms with Gasteiger partial charge in [0.05, 0.1) is 19.8 Å². The lowest BCUT2D eigenvalue weighted by molar-refractivity contribution is 0.0581. The Morgan fingerprint density at radius 3 is 2.00 bits per heavy atom. The molecule has 1 rings (SSSR count). The molecule has 88 valence electrons. The van der Waals surface area contributed by atoms with Crippen molar-refractivity contribution in [2.45, 2.75) is 13.8 Å². The third-order valence-electron chi connectivity index (χ3n) is 1.58. The van der Waals surface area contributed by atoms with E-state index in [1.165, 1.54) is 32.5 Å². The van der Waals surface area contributed by atoms with Crippen LogP contribution in [0.5, 0.6) is 0 Å². The summed E-state index contributed by atoms with van der Waals surface area (Å²) < 4.78 is 8.91. The van der Waals surface area contributed by atoms with Crippen molar-refractivity contribution in [1.29, 1.82) is 0 Å². The predicted molar refractivity (Wildman–Crippen MR) is 58.3 cm³/mol. The van der Waals surface area contributed by atoms with Crippen molar-refractivity contribution in [2.75, 3.05) is 14.2 Å². The fourth-order valence-corrected chi connectivity index (χ4v) is 0.858. The molecule has 0 bridgehead atoms. The molecule has 0 saturated heterocycles. The normalized spacial score (nSPS) is 8.50. The monoisotopic (exact) mass is 225 g/mol. The van der Waals surface area contributed by atoms with Gasteiger partial charge in [-0.3, -0.25) is 0 Å². The van der Waals surface area contributed by atoms with Gasteiger partial charge in [0.2, 0.25) is 0 Å². The van der Waals surface area contributed by atoms with E-state index in [0.29, 0.717) is 5.56 Å². The van der Waals surface area contributed by atoms with Gasteiger partial charge in [0.25, 0.3) is 0 Å². The molecule has 0 unspecified atom stereocenters. The van der Waals surface area contributed by atoms with Crippen LogP contribution in [0.3, 0.4) is 0 Å². The van der Waals surface area contributed by atoms with E-state index < -0.39 is 11.9 Å². The first-order valence-electron chi connectivity index (χ1n) is 4.81. The minimum absolute atomic E-state index is 0.153. The molecule has 1 aromatic rings. The highest BCUT2D eigenvalue weighted by Gasteiger charge is 2.09. The molecular weight excluding hydrogens is 210 g/mol. The Morgan fingerprint density at radius 2 is 1.62 bits per heavy atom. The van der Waals surface area contributed by atoms with Crippen LogP contribution < -0.4 is 0 Å². The molecule has 0 aromatic carbocycles. The number of hydrogen-bond donors (Lipinski definition) is 0. The van der Waals surface area contributed by atoms with Gasteiger partial charge >= 0.3 is 11.9 Å². The maximum atomic E-state index is 11.0. The van der Waals surface area contributed by atoms with E-state index in [1.807, 2.05) is 13.8 Å². The highest BCUT2D eigenvalue weighted by molar-refractivity contribution is 5.91. The fraction of sp³-hybridized carbons (Fsp3) is 0.364. The number of aromatic nitrogens is 1. The SMILES string of the molecule is CC.COC(=O)c1ccc(C(=O)OC)nc1. The number of carbonyl (C=O) groups is 2. The van der Waals surface area contributed by atoms with Crippen LogP contribution in [0.1, 0.15) is 34.7 Å². The lowest BCUT2D eigenvalue weighted by atomic mass is 10.2. The number of rotatable bonds is 2. The average molecular weight is 225 g/mol. The second kappa shape index (κ2) is 7.39. The first-order chi connectivity index (χ1) is 7.69. The minimum Gasteiger partial charge on any atom is -0.465 e. The zero-order chi connectivity index (χ0) is 12.6. The summed E-state index contributed by atoms with van der Waals surface area (Å²) in [7, 11) is 2.54. The van der Waals surface area contributed by atoms with Gasteiger partial charge in [-0.2, -0.15) is 0 Å². The van der Waals surface area contributed by atoms with E-state index in [4.69, 9.17) is 0 Å². The summed E-state index contributed by atoms with van der Waals surface area (Å²) in [6, 6.07) is 2.85. The summed E-state index contributed by atoms with van der Waals surface area (Å²) in [6.45, 7) is 4.00. The van der Waals surface area contributed by atoms with Crippen LogP contribution >= 0.6 is 0 Å². The van der Waals surface area contributed by atoms with Crippen LogP contribution in [0.2, 0.25) is 0 Å². The van der Waals surface area contributed by atoms with Gasteiger partial charge < -0.3 is 9.47 Å². The first kappa shape index (κ1) is 14.1. The van der Waals surface area contributed by atoms with Crippen molar-refractivity contribution in [3.05, 3.63) is 29.6 Å². The zero-order valence-electron chi connectivity index (χ0n) is 9.81. The highest BCUT2D eigenvalue weighted by Crippen LogP contribution is 2.02. The van der Waals surface area contributed by atoms with E-state index in [2.05, 4.69) is 14.5 Å². The molecule has 5 heteroatoms. The third-order valence-corrected chi connectivity index (χ3v) is 1.58. The zero-order valence-corrected chi connectivity index (χ0v) is 9.81. The van der Waals surface area contributed by atoms with E-state index >= 15 is 0 Å². The molecule has 0 amide bonds. The summed E-state index contributed by atoms with van der Waals surface area (Å²) in [6.07, 6.45) is 1.26. The lowest BCUT2D eigenvalue weighted by Gasteiger charge is -2.00. The van der Waals surface area contributed by atoms with Crippen molar-refractivity contribution in [2.24, 2.45) is 0 Å². The molecule has 0 saturated carbocycles. The Bertz CT molecular complexity index is 311. The quantitative estimate of drug-likeness (QED) is 0.716. The number of methoxy groups -OCH3 is 2. The second-order valence-electron chi connectivity index (χ2n) is 2.42. The van der Waals surface area contributed by atoms with Crippen molar-refractivity contribution in [3.8, 4) is 0 Å². The number of hydrogen-bond acceptors (Lipinski definition) is 5. The van der Waals surface area contributed by atoms with Gasteiger partial charge in [-0.25, -0.2) is 14.6 Å². The minimum atomic E-state index is -0.540. The molecular formula is C11H15NO4. The van der Waals surface area contributed by atoms with Crippen LogP contribution in [0.4, 0.5) is 0 Å². The van der Waals surface area contributed by atoms with Crippen LogP contribution in [0, 0.1) is 0 Å². The van der Waals surface area contributed by atoms with E-state index in [1.54, 1.807) is 0 Å². The van der Waals surface area contributed by atoms with Gasteiger partial charge in [-0.15, -0.1) is 0 Å². The molecule has 16 heavy (non-hydrogen) atoms. The number of pyridine rings is 1. The second-order valence-corrected chi connectivity index (χ2v) is 2.42. The molecule has 0 radical (unpaired) electrons. The maximum Gasteiger partial charge on any atom is 0.356 e. The van der Waals surface area contributed by atoms with Crippen LogP contribution in [0.25, 0.3) is 0 Å². The number of nitrogens with zero attached hydrogens (tertiary/aromatic N) is 1. The van der Waals surface area contributed by atoms with Gasteiger partial charge in [-0.05, 0) is 12.1 Å². The summed E-state index contributed by atoms with van der Waals surface area (Å²) in [5.41, 5.74) is 0.445. The van der Waals surface area contributed by atoms with Crippen LogP contribution in [0.15, 0.2) is 18.3 Å². The number of esters is 2. The average Bonchev–Trinajstić information content (AvgIpc) is 2.39. The smallest absolute Gasteiger partial charge is 0.356 e. The summed E-state index contributed by atoms with van der Waals surface area (Å²) >= 11 is 0. The maximum absolute atomic E-state index is 11.0. The van der Waals surface area contributed by atoms with Crippen LogP contribution in [-0.2, 0) is 9.47 Å². The molecule has 1 aromatic heterocycles. The molecule has 0 atom stereocenters. The van der Waals surface area contributed by atoms with Gasteiger partial charge in [0, 0.05) is 6.20 Å². The lowest BCUT2D eigenvalue weighted by Crippen LogP contribution is -2.07. The predicted octanol–water partition coefficient (Wildman–Crippen LogP) is 1.68.